The average Bonchev–Trinajstić information content (AvgIpc) is 3.34. The molecule has 0 aliphatic carbocycles. The number of nitrogens with one attached hydrogen (secondary N) is 2. The molecule has 2 heterocycles. The molecule has 0 saturated carbocycles. The molecule has 1 saturated heterocycles. The van der Waals surface area contributed by atoms with Crippen LogP contribution >= 0.6 is 23.2 Å². The van der Waals surface area contributed by atoms with E-state index in [1.54, 1.807) is 12.1 Å². The number of amides is 2. The molecule has 1 fully saturated rings. The number of rotatable bonds is 7. The quantitative estimate of drug-likeness (QED) is 0.219. The van der Waals surface area contributed by atoms with Crippen molar-refractivity contribution in [1.82, 2.24) is 19.8 Å². The maximum atomic E-state index is 13.5. The summed E-state index contributed by atoms with van der Waals surface area (Å²) in [6.07, 6.45) is -2.86. The number of piperidine rings is 1. The van der Waals surface area contributed by atoms with E-state index in [4.69, 9.17) is 28.2 Å². The molecule has 0 unspecified atom stereocenters. The van der Waals surface area contributed by atoms with Gasteiger partial charge in [0.05, 0.1) is 21.3 Å². The van der Waals surface area contributed by atoms with Gasteiger partial charge in [-0.1, -0.05) is 59.6 Å². The summed E-state index contributed by atoms with van der Waals surface area (Å²) in [5.74, 6) is 0.538. The van der Waals surface area contributed by atoms with Gasteiger partial charge in [-0.3, -0.25) is 4.90 Å². The van der Waals surface area contributed by atoms with Crippen molar-refractivity contribution in [1.29, 1.82) is 0 Å². The molecule has 1 aromatic heterocycles. The zero-order valence-corrected chi connectivity index (χ0v) is 24.4. The summed E-state index contributed by atoms with van der Waals surface area (Å²) in [4.78, 5) is 25.5. The number of halogens is 5. The number of anilines is 1. The summed E-state index contributed by atoms with van der Waals surface area (Å²) in [5, 5.41) is 3.92. The number of aromatic amines is 1. The lowest BCUT2D eigenvalue weighted by Gasteiger charge is -2.38. The maximum absolute atomic E-state index is 13.5. The molecule has 0 radical (unpaired) electrons. The lowest BCUT2D eigenvalue weighted by atomic mass is 10.0. The van der Waals surface area contributed by atoms with Crippen LogP contribution in [0.3, 0.4) is 0 Å². The zero-order chi connectivity index (χ0) is 29.9. The Morgan fingerprint density at radius 1 is 1.02 bits per heavy atom. The molecular formula is C31H30Cl2F3N5O. The Morgan fingerprint density at radius 2 is 1.71 bits per heavy atom. The fourth-order valence-electron chi connectivity index (χ4n) is 5.12. The van der Waals surface area contributed by atoms with Crippen LogP contribution in [0.5, 0.6) is 0 Å². The summed E-state index contributed by atoms with van der Waals surface area (Å²) in [6, 6.07) is 19.5. The van der Waals surface area contributed by atoms with E-state index in [9.17, 15) is 18.0 Å². The number of nitrogens with zero attached hydrogens (tertiary/aromatic N) is 3. The van der Waals surface area contributed by atoms with Crippen LogP contribution in [-0.2, 0) is 19.3 Å². The molecule has 2 N–H and O–H groups in total. The SMILES string of the molecule is Cc1[nH]c(-c2ccc(C(F)(F)F)cc2)nc1CN1CCC(N(Cc2ccc(Cl)c(Cl)c2)C(=O)Nc2ccccc2)CC1. The number of likely N-dealkylation sites (tertiary alicyclic amines) is 1. The van der Waals surface area contributed by atoms with Gasteiger partial charge in [-0.25, -0.2) is 9.78 Å². The van der Waals surface area contributed by atoms with Crippen molar-refractivity contribution < 1.29 is 18.0 Å². The Balaban J connectivity index is 1.25. The number of aryl methyl sites for hydroxylation is 1. The maximum Gasteiger partial charge on any atom is 0.416 e. The smallest absolute Gasteiger partial charge is 0.342 e. The van der Waals surface area contributed by atoms with Crippen LogP contribution in [0, 0.1) is 6.92 Å². The molecule has 0 spiro atoms. The number of alkyl halides is 3. The van der Waals surface area contributed by atoms with Gasteiger partial charge in [0.15, 0.2) is 0 Å². The average molecular weight is 617 g/mol. The summed E-state index contributed by atoms with van der Waals surface area (Å²) >= 11 is 12.4. The van der Waals surface area contributed by atoms with Gasteiger partial charge in [-0.15, -0.1) is 0 Å². The molecule has 220 valence electrons. The highest BCUT2D eigenvalue weighted by molar-refractivity contribution is 6.42. The number of para-hydroxylation sites is 1. The number of hydrogen-bond acceptors (Lipinski definition) is 3. The first-order valence-electron chi connectivity index (χ1n) is 13.6. The van der Waals surface area contributed by atoms with E-state index in [1.165, 1.54) is 12.1 Å². The third kappa shape index (κ3) is 7.27. The van der Waals surface area contributed by atoms with E-state index in [2.05, 4.69) is 15.2 Å². The van der Waals surface area contributed by atoms with Crippen LogP contribution in [-0.4, -0.2) is 44.9 Å². The summed E-state index contributed by atoms with van der Waals surface area (Å²) in [7, 11) is 0. The monoisotopic (exact) mass is 615 g/mol. The second-order valence-electron chi connectivity index (χ2n) is 10.4. The van der Waals surface area contributed by atoms with Crippen LogP contribution < -0.4 is 5.32 Å². The largest absolute Gasteiger partial charge is 0.416 e. The lowest BCUT2D eigenvalue weighted by Crippen LogP contribution is -2.48. The number of imidazole rings is 1. The van der Waals surface area contributed by atoms with Gasteiger partial charge in [0.2, 0.25) is 0 Å². The van der Waals surface area contributed by atoms with Crippen molar-refractivity contribution in [2.24, 2.45) is 0 Å². The number of hydrogen-bond donors (Lipinski definition) is 2. The third-order valence-corrected chi connectivity index (χ3v) is 8.20. The van der Waals surface area contributed by atoms with Crippen LogP contribution in [0.15, 0.2) is 72.8 Å². The van der Waals surface area contributed by atoms with Crippen LogP contribution in [0.1, 0.15) is 35.4 Å². The first kappa shape index (κ1) is 29.9. The second kappa shape index (κ2) is 12.8. The normalized spacial score (nSPS) is 14.6. The number of carbonyl (C=O) groups is 1. The van der Waals surface area contributed by atoms with Gasteiger partial charge in [-0.2, -0.15) is 13.2 Å². The van der Waals surface area contributed by atoms with Gasteiger partial charge in [-0.05, 0) is 61.7 Å². The fourth-order valence-corrected chi connectivity index (χ4v) is 5.44. The number of carbonyl (C=O) groups excluding carboxylic acids is 1. The minimum atomic E-state index is -4.38. The number of H-pyrrole nitrogens is 1. The highest BCUT2D eigenvalue weighted by Gasteiger charge is 2.31. The van der Waals surface area contributed by atoms with Crippen LogP contribution in [0.4, 0.5) is 23.7 Å². The summed E-state index contributed by atoms with van der Waals surface area (Å²) < 4.78 is 38.8. The molecule has 42 heavy (non-hydrogen) atoms. The molecule has 5 rings (SSSR count). The fraction of sp³-hybridized carbons (Fsp3) is 0.290. The van der Waals surface area contributed by atoms with Crippen molar-refractivity contribution in [3.8, 4) is 11.4 Å². The van der Waals surface area contributed by atoms with Crippen molar-refractivity contribution in [2.75, 3.05) is 18.4 Å². The van der Waals surface area contributed by atoms with Crippen molar-refractivity contribution >= 4 is 34.9 Å². The Bertz CT molecular complexity index is 1520. The molecule has 1 aliphatic heterocycles. The Labute approximate surface area is 252 Å². The van der Waals surface area contributed by atoms with Gasteiger partial charge in [0.25, 0.3) is 0 Å². The van der Waals surface area contributed by atoms with E-state index >= 15 is 0 Å². The first-order chi connectivity index (χ1) is 20.1. The van der Waals surface area contributed by atoms with Gasteiger partial charge < -0.3 is 15.2 Å². The van der Waals surface area contributed by atoms with Gasteiger partial charge >= 0.3 is 12.2 Å². The Kier molecular flexibility index (Phi) is 9.11. The van der Waals surface area contributed by atoms with E-state index in [1.807, 2.05) is 48.2 Å². The highest BCUT2D eigenvalue weighted by Crippen LogP contribution is 2.31. The molecule has 2 amide bonds. The molecule has 3 aromatic carbocycles. The molecule has 1 aliphatic rings. The number of aromatic nitrogens is 2. The second-order valence-corrected chi connectivity index (χ2v) is 11.2. The van der Waals surface area contributed by atoms with E-state index in [0.717, 1.165) is 60.7 Å². The third-order valence-electron chi connectivity index (χ3n) is 7.47. The van der Waals surface area contributed by atoms with Crippen molar-refractivity contribution in [3.63, 3.8) is 0 Å². The summed E-state index contributed by atoms with van der Waals surface area (Å²) in [6.45, 7) is 4.40. The first-order valence-corrected chi connectivity index (χ1v) is 14.3. The van der Waals surface area contributed by atoms with E-state index in [0.29, 0.717) is 34.5 Å². The predicted octanol–water partition coefficient (Wildman–Crippen LogP) is 8.41. The van der Waals surface area contributed by atoms with Crippen molar-refractivity contribution in [3.05, 3.63) is 105 Å². The van der Waals surface area contributed by atoms with E-state index in [-0.39, 0.29) is 12.1 Å². The highest BCUT2D eigenvalue weighted by atomic mass is 35.5. The molecule has 11 heteroatoms. The van der Waals surface area contributed by atoms with Crippen LogP contribution in [0.25, 0.3) is 11.4 Å². The number of benzene rings is 3. The van der Waals surface area contributed by atoms with Gasteiger partial charge in [0.1, 0.15) is 5.82 Å². The Morgan fingerprint density at radius 3 is 2.36 bits per heavy atom. The van der Waals surface area contributed by atoms with Gasteiger partial charge in [0, 0.05) is 49.2 Å². The van der Waals surface area contributed by atoms with Crippen LogP contribution in [0.2, 0.25) is 10.0 Å². The molecule has 0 atom stereocenters. The summed E-state index contributed by atoms with van der Waals surface area (Å²) in [5.41, 5.74) is 3.23. The predicted molar refractivity (Wildman–Crippen MR) is 160 cm³/mol. The molecular weight excluding hydrogens is 586 g/mol. The molecule has 4 aromatic rings. The minimum Gasteiger partial charge on any atom is -0.342 e. The number of urea groups is 1. The van der Waals surface area contributed by atoms with Crippen molar-refractivity contribution in [2.45, 2.75) is 45.1 Å². The standard InChI is InChI=1S/C31H30Cl2F3N5O/c1-20-28(39-29(37-20)22-8-10-23(11-9-22)31(34,35)36)19-40-15-13-25(14-16-40)41(18-21-7-12-26(32)27(33)17-21)30(42)38-24-5-3-2-4-6-24/h2-12,17,25H,13-16,18-19H2,1H3,(H,37,39)(H,38,42). The molecule has 0 bridgehead atoms. The minimum absolute atomic E-state index is 0.00223. The Hall–Kier alpha value is -3.53. The zero-order valence-electron chi connectivity index (χ0n) is 22.9. The lowest BCUT2D eigenvalue weighted by molar-refractivity contribution is -0.137. The molecule has 6 nitrogen and oxygen atoms in total. The van der Waals surface area contributed by atoms with E-state index < -0.39 is 11.7 Å². The topological polar surface area (TPSA) is 64.3 Å².